The molecule has 0 aliphatic rings. The maximum atomic E-state index is 12.6. The molecule has 0 bridgehead atoms. The molecule has 36 heavy (non-hydrogen) atoms. The van der Waals surface area contributed by atoms with E-state index in [0.29, 0.717) is 25.3 Å². The van der Waals surface area contributed by atoms with E-state index in [4.69, 9.17) is 18.6 Å². The van der Waals surface area contributed by atoms with E-state index in [1.165, 1.54) is 0 Å². The summed E-state index contributed by atoms with van der Waals surface area (Å²) in [5, 5.41) is 3.91. The first-order valence-corrected chi connectivity index (χ1v) is 11.9. The quantitative estimate of drug-likeness (QED) is 0.268. The van der Waals surface area contributed by atoms with Gasteiger partial charge in [0.1, 0.15) is 22.8 Å². The number of benzene rings is 3. The Hall–Kier alpha value is -4.19. The first-order chi connectivity index (χ1) is 17.5. The fraction of sp³-hybridized carbons (Fsp3) is 0.233. The second-order valence-corrected chi connectivity index (χ2v) is 8.38. The van der Waals surface area contributed by atoms with Gasteiger partial charge in [0.05, 0.1) is 27.1 Å². The van der Waals surface area contributed by atoms with Crippen molar-refractivity contribution in [2.75, 3.05) is 27.4 Å². The number of rotatable bonds is 10. The lowest BCUT2D eigenvalue weighted by Gasteiger charge is -2.10. The number of hydrogen-bond acceptors (Lipinski definition) is 5. The predicted octanol–water partition coefficient (Wildman–Crippen LogP) is 6.28. The van der Waals surface area contributed by atoms with Crippen LogP contribution in [0.15, 0.2) is 77.4 Å². The van der Waals surface area contributed by atoms with Gasteiger partial charge in [0, 0.05) is 35.2 Å². The molecule has 0 aliphatic heterocycles. The Morgan fingerprint density at radius 1 is 1.00 bits per heavy atom. The molecule has 0 atom stereocenters. The third-order valence-electron chi connectivity index (χ3n) is 5.99. The first-order valence-electron chi connectivity index (χ1n) is 11.9. The molecule has 4 rings (SSSR count). The van der Waals surface area contributed by atoms with Crippen LogP contribution in [0, 0.1) is 0 Å². The molecule has 6 nitrogen and oxygen atoms in total. The van der Waals surface area contributed by atoms with E-state index >= 15 is 0 Å². The molecule has 0 spiro atoms. The first kappa shape index (κ1) is 24.9. The van der Waals surface area contributed by atoms with Crippen LogP contribution in [0.5, 0.6) is 17.2 Å². The summed E-state index contributed by atoms with van der Waals surface area (Å²) in [6.45, 7) is 5.01. The van der Waals surface area contributed by atoms with Gasteiger partial charge in [-0.25, -0.2) is 0 Å². The van der Waals surface area contributed by atoms with Gasteiger partial charge in [-0.3, -0.25) is 4.79 Å². The second kappa shape index (κ2) is 11.5. The van der Waals surface area contributed by atoms with Gasteiger partial charge in [-0.1, -0.05) is 24.3 Å². The van der Waals surface area contributed by atoms with Crippen molar-refractivity contribution < 1.29 is 23.4 Å². The van der Waals surface area contributed by atoms with Crippen molar-refractivity contribution in [2.24, 2.45) is 0 Å². The largest absolute Gasteiger partial charge is 0.497 e. The molecule has 0 fully saturated rings. The van der Waals surface area contributed by atoms with E-state index < -0.39 is 0 Å². The van der Waals surface area contributed by atoms with Crippen molar-refractivity contribution in [3.8, 4) is 28.4 Å². The van der Waals surface area contributed by atoms with Gasteiger partial charge in [-0.05, 0) is 67.3 Å². The predicted molar refractivity (Wildman–Crippen MR) is 143 cm³/mol. The van der Waals surface area contributed by atoms with Crippen LogP contribution in [0.1, 0.15) is 25.0 Å². The van der Waals surface area contributed by atoms with Crippen molar-refractivity contribution >= 4 is 22.4 Å². The number of allylic oxidation sites excluding steroid dienone is 1. The van der Waals surface area contributed by atoms with Crippen LogP contribution in [0.25, 0.3) is 27.7 Å². The summed E-state index contributed by atoms with van der Waals surface area (Å²) in [6, 6.07) is 19.6. The van der Waals surface area contributed by atoms with Crippen LogP contribution in [0.3, 0.4) is 0 Å². The third kappa shape index (κ3) is 5.71. The number of carbonyl (C=O) groups is 1. The summed E-state index contributed by atoms with van der Waals surface area (Å²) in [6.07, 6.45) is 4.06. The van der Waals surface area contributed by atoms with E-state index in [0.717, 1.165) is 50.3 Å². The average Bonchev–Trinajstić information content (AvgIpc) is 3.31. The Kier molecular flexibility index (Phi) is 7.95. The smallest absolute Gasteiger partial charge is 0.244 e. The zero-order chi connectivity index (χ0) is 25.5. The number of carbonyl (C=O) groups excluding carboxylic acids is 1. The molecule has 6 heteroatoms. The van der Waals surface area contributed by atoms with Gasteiger partial charge in [-0.15, -0.1) is 0 Å². The minimum absolute atomic E-state index is 0.156. The van der Waals surface area contributed by atoms with Crippen LogP contribution in [-0.2, 0) is 11.2 Å². The van der Waals surface area contributed by atoms with Crippen molar-refractivity contribution in [1.29, 1.82) is 0 Å². The number of methoxy groups -OCH3 is 2. The van der Waals surface area contributed by atoms with Crippen molar-refractivity contribution in [3.63, 3.8) is 0 Å². The van der Waals surface area contributed by atoms with Crippen LogP contribution in [0.2, 0.25) is 0 Å². The van der Waals surface area contributed by atoms with Crippen molar-refractivity contribution in [1.82, 2.24) is 5.32 Å². The Morgan fingerprint density at radius 2 is 1.81 bits per heavy atom. The molecule has 4 aromatic rings. The maximum absolute atomic E-state index is 12.6. The summed E-state index contributed by atoms with van der Waals surface area (Å²) >= 11 is 0. The molecule has 0 saturated heterocycles. The topological polar surface area (TPSA) is 69.9 Å². The fourth-order valence-corrected chi connectivity index (χ4v) is 4.14. The monoisotopic (exact) mass is 485 g/mol. The lowest BCUT2D eigenvalue weighted by Crippen LogP contribution is -2.23. The molecule has 0 saturated carbocycles. The van der Waals surface area contributed by atoms with Gasteiger partial charge in [0.25, 0.3) is 0 Å². The number of fused-ring (bicyclic) bond motifs is 1. The molecule has 186 valence electrons. The van der Waals surface area contributed by atoms with E-state index in [9.17, 15) is 4.79 Å². The molecule has 1 aromatic heterocycles. The van der Waals surface area contributed by atoms with E-state index in [1.54, 1.807) is 26.6 Å². The van der Waals surface area contributed by atoms with Gasteiger partial charge >= 0.3 is 0 Å². The lowest BCUT2D eigenvalue weighted by atomic mass is 9.99. The second-order valence-electron chi connectivity index (χ2n) is 8.38. The number of ether oxygens (including phenoxy) is 3. The number of hydrogen-bond donors (Lipinski definition) is 1. The summed E-state index contributed by atoms with van der Waals surface area (Å²) < 4.78 is 22.3. The van der Waals surface area contributed by atoms with Gasteiger partial charge < -0.3 is 23.9 Å². The highest BCUT2D eigenvalue weighted by Crippen LogP contribution is 2.37. The van der Waals surface area contributed by atoms with Crippen LogP contribution in [-0.4, -0.2) is 33.3 Å². The van der Waals surface area contributed by atoms with Gasteiger partial charge in [0.2, 0.25) is 5.91 Å². The fourth-order valence-electron chi connectivity index (χ4n) is 4.14. The zero-order valence-corrected chi connectivity index (χ0v) is 21.1. The molecule has 1 amide bonds. The summed E-state index contributed by atoms with van der Waals surface area (Å²) in [5.41, 5.74) is 5.44. The van der Waals surface area contributed by atoms with Crippen molar-refractivity contribution in [2.45, 2.75) is 20.3 Å². The number of nitrogens with one attached hydrogen (secondary N) is 1. The van der Waals surface area contributed by atoms with Crippen LogP contribution < -0.4 is 19.5 Å². The molecule has 1 N–H and O–H groups in total. The van der Waals surface area contributed by atoms with E-state index in [-0.39, 0.29) is 5.91 Å². The SMILES string of the molecule is CCOc1ccc(-c2coc3cc(OC)c(/C(C)=C/C(=O)NCCc4cccc(OC)c4)cc23)cc1. The molecule has 0 unspecified atom stereocenters. The maximum Gasteiger partial charge on any atom is 0.244 e. The average molecular weight is 486 g/mol. The summed E-state index contributed by atoms with van der Waals surface area (Å²) in [5.74, 6) is 2.12. The zero-order valence-electron chi connectivity index (χ0n) is 21.1. The summed E-state index contributed by atoms with van der Waals surface area (Å²) in [4.78, 5) is 12.6. The lowest BCUT2D eigenvalue weighted by molar-refractivity contribution is -0.116. The van der Waals surface area contributed by atoms with Gasteiger partial charge in [-0.2, -0.15) is 0 Å². The standard InChI is InChI=1S/C30H31NO5/c1-5-35-23-11-9-22(10-12-23)27-19-36-29-18-28(34-4)25(17-26(27)29)20(2)15-30(32)31-14-13-21-7-6-8-24(16-21)33-3/h6-12,15-19H,5,13-14H2,1-4H3,(H,31,32)/b20-15+. The molecular weight excluding hydrogens is 454 g/mol. The molecule has 3 aromatic carbocycles. The number of furan rings is 1. The molecule has 1 heterocycles. The van der Waals surface area contributed by atoms with Crippen LogP contribution >= 0.6 is 0 Å². The Morgan fingerprint density at radius 3 is 2.53 bits per heavy atom. The number of amides is 1. The summed E-state index contributed by atoms with van der Waals surface area (Å²) in [7, 11) is 3.26. The molecular formula is C30H31NO5. The third-order valence-corrected chi connectivity index (χ3v) is 5.99. The minimum Gasteiger partial charge on any atom is -0.497 e. The highest BCUT2D eigenvalue weighted by atomic mass is 16.5. The van der Waals surface area contributed by atoms with Crippen molar-refractivity contribution in [3.05, 3.63) is 84.1 Å². The molecule has 0 radical (unpaired) electrons. The van der Waals surface area contributed by atoms with Crippen LogP contribution in [0.4, 0.5) is 0 Å². The van der Waals surface area contributed by atoms with E-state index in [2.05, 4.69) is 5.32 Å². The normalized spacial score (nSPS) is 11.4. The highest BCUT2D eigenvalue weighted by molar-refractivity contribution is 6.00. The Balaban J connectivity index is 1.53. The van der Waals surface area contributed by atoms with Gasteiger partial charge in [0.15, 0.2) is 0 Å². The Bertz CT molecular complexity index is 1370. The minimum atomic E-state index is -0.156. The molecule has 0 aliphatic carbocycles. The Labute approximate surface area is 211 Å². The highest BCUT2D eigenvalue weighted by Gasteiger charge is 2.15. The van der Waals surface area contributed by atoms with E-state index in [1.807, 2.05) is 74.5 Å².